The standard InChI is InChI=1S/C9H12N2O.2ClH/c10-8-3-5-12-9(8)7-2-1-4-11-6-7;;/h1-2,4,6,8-9H,3,5,10H2;2*1H/t8-,9+;;/m1../s1. The van der Waals surface area contributed by atoms with Crippen LogP contribution in [0.5, 0.6) is 0 Å². The molecule has 1 aromatic heterocycles. The maximum absolute atomic E-state index is 5.86. The maximum atomic E-state index is 5.86. The van der Waals surface area contributed by atoms with E-state index in [1.54, 1.807) is 6.20 Å². The molecule has 80 valence electrons. The fourth-order valence-electron chi connectivity index (χ4n) is 1.49. The van der Waals surface area contributed by atoms with Gasteiger partial charge in [-0.25, -0.2) is 0 Å². The summed E-state index contributed by atoms with van der Waals surface area (Å²) >= 11 is 0. The second-order valence-corrected chi connectivity index (χ2v) is 3.03. The van der Waals surface area contributed by atoms with Crippen molar-refractivity contribution in [3.8, 4) is 0 Å². The Morgan fingerprint density at radius 2 is 2.21 bits per heavy atom. The van der Waals surface area contributed by atoms with Crippen LogP contribution in [0.1, 0.15) is 18.1 Å². The number of hydrogen-bond acceptors (Lipinski definition) is 3. The minimum atomic E-state index is 0. The first kappa shape index (κ1) is 13.7. The summed E-state index contributed by atoms with van der Waals surface area (Å²) in [4.78, 5) is 4.03. The molecule has 1 aromatic rings. The normalized spacial score (nSPS) is 24.9. The number of aromatic nitrogens is 1. The van der Waals surface area contributed by atoms with E-state index in [1.807, 2.05) is 18.3 Å². The minimum absolute atomic E-state index is 0. The van der Waals surface area contributed by atoms with Gasteiger partial charge in [0.15, 0.2) is 0 Å². The Hall–Kier alpha value is -0.350. The van der Waals surface area contributed by atoms with Crippen LogP contribution in [0, 0.1) is 0 Å². The molecule has 0 amide bonds. The third kappa shape index (κ3) is 2.82. The van der Waals surface area contributed by atoms with Gasteiger partial charge in [-0.2, -0.15) is 0 Å². The van der Waals surface area contributed by atoms with E-state index in [0.717, 1.165) is 18.6 Å². The number of nitrogens with zero attached hydrogens (tertiary/aromatic N) is 1. The summed E-state index contributed by atoms with van der Waals surface area (Å²) in [7, 11) is 0. The highest BCUT2D eigenvalue weighted by atomic mass is 35.5. The molecule has 0 bridgehead atoms. The molecule has 2 atom stereocenters. The molecular weight excluding hydrogens is 223 g/mol. The van der Waals surface area contributed by atoms with Crippen LogP contribution in [0.25, 0.3) is 0 Å². The Labute approximate surface area is 95.9 Å². The van der Waals surface area contributed by atoms with E-state index in [9.17, 15) is 0 Å². The average molecular weight is 237 g/mol. The zero-order valence-corrected chi connectivity index (χ0v) is 9.26. The van der Waals surface area contributed by atoms with Gasteiger partial charge in [-0.3, -0.25) is 4.98 Å². The van der Waals surface area contributed by atoms with Crippen molar-refractivity contribution in [3.63, 3.8) is 0 Å². The van der Waals surface area contributed by atoms with Crippen molar-refractivity contribution in [1.82, 2.24) is 4.98 Å². The number of nitrogens with two attached hydrogens (primary N) is 1. The molecule has 0 saturated carbocycles. The Balaban J connectivity index is 0.000000845. The van der Waals surface area contributed by atoms with E-state index in [-0.39, 0.29) is 37.0 Å². The lowest BCUT2D eigenvalue weighted by Gasteiger charge is -2.13. The molecular formula is C9H14Cl2N2O. The zero-order valence-electron chi connectivity index (χ0n) is 7.63. The molecule has 5 heteroatoms. The van der Waals surface area contributed by atoms with Gasteiger partial charge in [0.25, 0.3) is 0 Å². The van der Waals surface area contributed by atoms with Gasteiger partial charge in [0, 0.05) is 30.6 Å². The smallest absolute Gasteiger partial charge is 0.0991 e. The number of hydrogen-bond donors (Lipinski definition) is 1. The number of pyridine rings is 1. The minimum Gasteiger partial charge on any atom is -0.372 e. The highest BCUT2D eigenvalue weighted by Gasteiger charge is 2.26. The highest BCUT2D eigenvalue weighted by molar-refractivity contribution is 5.85. The predicted molar refractivity (Wildman–Crippen MR) is 60.0 cm³/mol. The van der Waals surface area contributed by atoms with Crippen LogP contribution in [-0.2, 0) is 4.74 Å². The summed E-state index contributed by atoms with van der Waals surface area (Å²) in [6, 6.07) is 4.04. The summed E-state index contributed by atoms with van der Waals surface area (Å²) in [5.41, 5.74) is 6.94. The highest BCUT2D eigenvalue weighted by Crippen LogP contribution is 2.26. The lowest BCUT2D eigenvalue weighted by molar-refractivity contribution is 0.105. The average Bonchev–Trinajstić information content (AvgIpc) is 2.53. The molecule has 2 heterocycles. The Bertz CT molecular complexity index is 258. The van der Waals surface area contributed by atoms with Crippen molar-refractivity contribution in [1.29, 1.82) is 0 Å². The molecule has 0 aromatic carbocycles. The molecule has 0 spiro atoms. The Morgan fingerprint density at radius 3 is 2.71 bits per heavy atom. The molecule has 1 aliphatic rings. The van der Waals surface area contributed by atoms with Gasteiger partial charge in [-0.05, 0) is 12.5 Å². The lowest BCUT2D eigenvalue weighted by Crippen LogP contribution is -2.23. The molecule has 0 radical (unpaired) electrons. The fraction of sp³-hybridized carbons (Fsp3) is 0.444. The van der Waals surface area contributed by atoms with Crippen LogP contribution in [0.15, 0.2) is 24.5 Å². The van der Waals surface area contributed by atoms with Gasteiger partial charge in [-0.1, -0.05) is 6.07 Å². The van der Waals surface area contributed by atoms with Crippen molar-refractivity contribution in [3.05, 3.63) is 30.1 Å². The Morgan fingerprint density at radius 1 is 1.43 bits per heavy atom. The van der Waals surface area contributed by atoms with Crippen LogP contribution in [0.3, 0.4) is 0 Å². The van der Waals surface area contributed by atoms with Crippen LogP contribution >= 0.6 is 24.8 Å². The number of rotatable bonds is 1. The van der Waals surface area contributed by atoms with Crippen molar-refractivity contribution in [2.45, 2.75) is 18.6 Å². The molecule has 1 aliphatic heterocycles. The second-order valence-electron chi connectivity index (χ2n) is 3.03. The van der Waals surface area contributed by atoms with E-state index < -0.39 is 0 Å². The summed E-state index contributed by atoms with van der Waals surface area (Å²) in [6.45, 7) is 0.765. The van der Waals surface area contributed by atoms with Gasteiger partial charge in [0.2, 0.25) is 0 Å². The van der Waals surface area contributed by atoms with Crippen molar-refractivity contribution in [2.24, 2.45) is 5.73 Å². The van der Waals surface area contributed by atoms with Crippen LogP contribution < -0.4 is 5.73 Å². The summed E-state index contributed by atoms with van der Waals surface area (Å²) in [5.74, 6) is 0. The molecule has 14 heavy (non-hydrogen) atoms. The maximum Gasteiger partial charge on any atom is 0.0991 e. The topological polar surface area (TPSA) is 48.1 Å². The molecule has 1 saturated heterocycles. The van der Waals surface area contributed by atoms with Crippen LogP contribution in [-0.4, -0.2) is 17.6 Å². The van der Waals surface area contributed by atoms with Gasteiger partial charge < -0.3 is 10.5 Å². The summed E-state index contributed by atoms with van der Waals surface area (Å²) in [6.07, 6.45) is 4.57. The SMILES string of the molecule is Cl.Cl.N[C@@H]1CCO[C@H]1c1cccnc1. The number of halogens is 2. The first-order chi connectivity index (χ1) is 5.88. The third-order valence-electron chi connectivity index (χ3n) is 2.15. The second kappa shape index (κ2) is 6.19. The Kier molecular flexibility index (Phi) is 6.04. The third-order valence-corrected chi connectivity index (χ3v) is 2.15. The van der Waals surface area contributed by atoms with E-state index in [4.69, 9.17) is 10.5 Å². The molecule has 3 nitrogen and oxygen atoms in total. The summed E-state index contributed by atoms with van der Waals surface area (Å²) < 4.78 is 5.49. The molecule has 2 N–H and O–H groups in total. The van der Waals surface area contributed by atoms with Crippen LogP contribution in [0.4, 0.5) is 0 Å². The van der Waals surface area contributed by atoms with E-state index in [1.165, 1.54) is 0 Å². The molecule has 1 fully saturated rings. The summed E-state index contributed by atoms with van der Waals surface area (Å²) in [5, 5.41) is 0. The first-order valence-electron chi connectivity index (χ1n) is 4.15. The van der Waals surface area contributed by atoms with Crippen molar-refractivity contribution < 1.29 is 4.74 Å². The first-order valence-corrected chi connectivity index (χ1v) is 4.15. The van der Waals surface area contributed by atoms with Crippen LogP contribution in [0.2, 0.25) is 0 Å². The molecule has 0 aliphatic carbocycles. The molecule has 0 unspecified atom stereocenters. The van der Waals surface area contributed by atoms with Gasteiger partial charge >= 0.3 is 0 Å². The van der Waals surface area contributed by atoms with E-state index in [2.05, 4.69) is 4.98 Å². The van der Waals surface area contributed by atoms with Gasteiger partial charge in [0.1, 0.15) is 0 Å². The van der Waals surface area contributed by atoms with Crippen molar-refractivity contribution >= 4 is 24.8 Å². The van der Waals surface area contributed by atoms with Crippen molar-refractivity contribution in [2.75, 3.05) is 6.61 Å². The monoisotopic (exact) mass is 236 g/mol. The predicted octanol–water partition coefficient (Wildman–Crippen LogP) is 1.71. The lowest BCUT2D eigenvalue weighted by atomic mass is 10.1. The number of ether oxygens (including phenoxy) is 1. The van der Waals surface area contributed by atoms with Gasteiger partial charge in [0.05, 0.1) is 6.10 Å². The quantitative estimate of drug-likeness (QED) is 0.808. The molecule has 2 rings (SSSR count). The largest absolute Gasteiger partial charge is 0.372 e. The van der Waals surface area contributed by atoms with Gasteiger partial charge in [-0.15, -0.1) is 24.8 Å². The van der Waals surface area contributed by atoms with E-state index >= 15 is 0 Å². The van der Waals surface area contributed by atoms with E-state index in [0.29, 0.717) is 0 Å². The fourth-order valence-corrected chi connectivity index (χ4v) is 1.49. The zero-order chi connectivity index (χ0) is 8.39.